The Morgan fingerprint density at radius 1 is 1.38 bits per heavy atom. The standard InChI is InChI=1S/C16H25N3O2/c1-2-15(12-3-5-14(20)6-4-12)18-13-7-9-19(10-8-13)11-16(17)21/h3-6,13,15,18,20H,2,7-11H2,1H3,(H2,17,21). The molecule has 0 aromatic heterocycles. The summed E-state index contributed by atoms with van der Waals surface area (Å²) in [6.45, 7) is 4.34. The number of aromatic hydroxyl groups is 1. The van der Waals surface area contributed by atoms with Crippen molar-refractivity contribution in [2.75, 3.05) is 19.6 Å². The zero-order chi connectivity index (χ0) is 15.2. The third-order valence-corrected chi connectivity index (χ3v) is 4.11. The molecule has 1 amide bonds. The van der Waals surface area contributed by atoms with Gasteiger partial charge in [-0.15, -0.1) is 0 Å². The van der Waals surface area contributed by atoms with E-state index >= 15 is 0 Å². The number of benzene rings is 1. The van der Waals surface area contributed by atoms with E-state index in [1.807, 2.05) is 12.1 Å². The summed E-state index contributed by atoms with van der Waals surface area (Å²) in [5, 5.41) is 13.1. The molecule has 0 radical (unpaired) electrons. The lowest BCUT2D eigenvalue weighted by Gasteiger charge is -2.34. The van der Waals surface area contributed by atoms with Crippen molar-refractivity contribution in [2.45, 2.75) is 38.3 Å². The predicted octanol–water partition coefficient (Wildman–Crippen LogP) is 1.38. The molecule has 21 heavy (non-hydrogen) atoms. The van der Waals surface area contributed by atoms with Crippen molar-refractivity contribution in [3.05, 3.63) is 29.8 Å². The summed E-state index contributed by atoms with van der Waals surface area (Å²) >= 11 is 0. The topological polar surface area (TPSA) is 78.6 Å². The van der Waals surface area contributed by atoms with Crippen LogP contribution in [0.25, 0.3) is 0 Å². The Morgan fingerprint density at radius 2 is 2.00 bits per heavy atom. The molecule has 4 N–H and O–H groups in total. The number of carbonyl (C=O) groups excluding carboxylic acids is 1. The zero-order valence-electron chi connectivity index (χ0n) is 12.6. The Balaban J connectivity index is 1.86. The highest BCUT2D eigenvalue weighted by molar-refractivity contribution is 5.75. The van der Waals surface area contributed by atoms with Crippen molar-refractivity contribution in [3.8, 4) is 5.75 Å². The Labute approximate surface area is 126 Å². The number of phenols is 1. The van der Waals surface area contributed by atoms with Crippen molar-refractivity contribution >= 4 is 5.91 Å². The SMILES string of the molecule is CCC(NC1CCN(CC(N)=O)CC1)c1ccc(O)cc1. The van der Waals surface area contributed by atoms with Crippen molar-refractivity contribution in [2.24, 2.45) is 5.73 Å². The molecule has 0 saturated carbocycles. The van der Waals surface area contributed by atoms with E-state index in [4.69, 9.17) is 5.73 Å². The molecule has 1 unspecified atom stereocenters. The normalized spacial score (nSPS) is 18.5. The van der Waals surface area contributed by atoms with Crippen LogP contribution in [0, 0.1) is 0 Å². The molecule has 5 nitrogen and oxygen atoms in total. The highest BCUT2D eigenvalue weighted by atomic mass is 16.3. The fourth-order valence-corrected chi connectivity index (χ4v) is 2.92. The second-order valence-electron chi connectivity index (χ2n) is 5.74. The summed E-state index contributed by atoms with van der Waals surface area (Å²) in [6.07, 6.45) is 3.07. The van der Waals surface area contributed by atoms with Crippen LogP contribution in [-0.4, -0.2) is 41.6 Å². The molecule has 1 aromatic carbocycles. The molecule has 2 rings (SSSR count). The minimum atomic E-state index is -0.253. The summed E-state index contributed by atoms with van der Waals surface area (Å²) in [7, 11) is 0. The highest BCUT2D eigenvalue weighted by Gasteiger charge is 2.22. The molecular weight excluding hydrogens is 266 g/mol. The lowest BCUT2D eigenvalue weighted by Crippen LogP contribution is -2.46. The van der Waals surface area contributed by atoms with Gasteiger partial charge in [-0.2, -0.15) is 0 Å². The molecule has 1 aromatic rings. The number of nitrogens with two attached hydrogens (primary N) is 1. The smallest absolute Gasteiger partial charge is 0.231 e. The van der Waals surface area contributed by atoms with Crippen LogP contribution < -0.4 is 11.1 Å². The third-order valence-electron chi connectivity index (χ3n) is 4.11. The van der Waals surface area contributed by atoms with Crippen LogP contribution in [0.5, 0.6) is 5.75 Å². The van der Waals surface area contributed by atoms with E-state index in [2.05, 4.69) is 17.1 Å². The van der Waals surface area contributed by atoms with Crippen LogP contribution in [0.3, 0.4) is 0 Å². The number of hydrogen-bond acceptors (Lipinski definition) is 4. The van der Waals surface area contributed by atoms with E-state index in [0.29, 0.717) is 24.4 Å². The molecule has 1 saturated heterocycles. The van der Waals surface area contributed by atoms with Gasteiger partial charge in [-0.3, -0.25) is 9.69 Å². The van der Waals surface area contributed by atoms with E-state index < -0.39 is 0 Å². The Hall–Kier alpha value is -1.59. The van der Waals surface area contributed by atoms with Crippen LogP contribution >= 0.6 is 0 Å². The summed E-state index contributed by atoms with van der Waals surface area (Å²) in [4.78, 5) is 13.0. The largest absolute Gasteiger partial charge is 0.508 e. The van der Waals surface area contributed by atoms with E-state index in [-0.39, 0.29) is 5.91 Å². The van der Waals surface area contributed by atoms with Gasteiger partial charge in [-0.25, -0.2) is 0 Å². The molecule has 5 heteroatoms. The third kappa shape index (κ3) is 4.72. The van der Waals surface area contributed by atoms with Crippen LogP contribution in [0.1, 0.15) is 37.8 Å². The molecular formula is C16H25N3O2. The minimum Gasteiger partial charge on any atom is -0.508 e. The first-order valence-corrected chi connectivity index (χ1v) is 7.64. The zero-order valence-corrected chi connectivity index (χ0v) is 12.6. The lowest BCUT2D eigenvalue weighted by atomic mass is 9.99. The van der Waals surface area contributed by atoms with Gasteiger partial charge >= 0.3 is 0 Å². The summed E-state index contributed by atoms with van der Waals surface area (Å²) in [5.74, 6) is 0.0466. The first kappa shape index (κ1) is 15.8. The van der Waals surface area contributed by atoms with Gasteiger partial charge in [0.05, 0.1) is 6.54 Å². The Morgan fingerprint density at radius 3 is 2.52 bits per heavy atom. The monoisotopic (exact) mass is 291 g/mol. The van der Waals surface area contributed by atoms with Gasteiger partial charge in [0.25, 0.3) is 0 Å². The molecule has 1 aliphatic rings. The number of carbonyl (C=O) groups is 1. The first-order valence-electron chi connectivity index (χ1n) is 7.64. The second-order valence-corrected chi connectivity index (χ2v) is 5.74. The number of nitrogens with one attached hydrogen (secondary N) is 1. The minimum absolute atomic E-state index is 0.253. The fourth-order valence-electron chi connectivity index (χ4n) is 2.92. The number of piperidine rings is 1. The number of hydrogen-bond donors (Lipinski definition) is 3. The van der Waals surface area contributed by atoms with Gasteiger partial charge in [0.15, 0.2) is 0 Å². The number of primary amides is 1. The van der Waals surface area contributed by atoms with Gasteiger partial charge in [0.2, 0.25) is 5.91 Å². The molecule has 116 valence electrons. The van der Waals surface area contributed by atoms with Crippen LogP contribution in [0.15, 0.2) is 24.3 Å². The van der Waals surface area contributed by atoms with E-state index in [9.17, 15) is 9.90 Å². The second kappa shape index (κ2) is 7.43. The maximum atomic E-state index is 10.9. The molecule has 0 aliphatic carbocycles. The molecule has 0 spiro atoms. The van der Waals surface area contributed by atoms with Crippen molar-refractivity contribution in [1.82, 2.24) is 10.2 Å². The Kier molecular flexibility index (Phi) is 5.59. The van der Waals surface area contributed by atoms with Crippen LogP contribution in [0.2, 0.25) is 0 Å². The number of amides is 1. The van der Waals surface area contributed by atoms with Gasteiger partial charge in [-0.1, -0.05) is 19.1 Å². The average Bonchev–Trinajstić information content (AvgIpc) is 2.47. The number of nitrogens with zero attached hydrogens (tertiary/aromatic N) is 1. The summed E-state index contributed by atoms with van der Waals surface area (Å²) in [6, 6.07) is 8.17. The molecule has 1 heterocycles. The van der Waals surface area contributed by atoms with Gasteiger partial charge in [0, 0.05) is 25.2 Å². The molecule has 1 atom stereocenters. The number of rotatable bonds is 6. The van der Waals surface area contributed by atoms with Gasteiger partial charge in [0.1, 0.15) is 5.75 Å². The Bertz CT molecular complexity index is 453. The predicted molar refractivity (Wildman–Crippen MR) is 82.9 cm³/mol. The first-order chi connectivity index (χ1) is 10.1. The highest BCUT2D eigenvalue weighted by Crippen LogP contribution is 2.22. The van der Waals surface area contributed by atoms with Crippen molar-refractivity contribution in [1.29, 1.82) is 0 Å². The number of phenolic OH excluding ortho intramolecular Hbond substituents is 1. The van der Waals surface area contributed by atoms with Crippen molar-refractivity contribution in [3.63, 3.8) is 0 Å². The number of likely N-dealkylation sites (tertiary alicyclic amines) is 1. The summed E-state index contributed by atoms with van der Waals surface area (Å²) < 4.78 is 0. The maximum absolute atomic E-state index is 10.9. The molecule has 1 aliphatic heterocycles. The van der Waals surface area contributed by atoms with Gasteiger partial charge in [-0.05, 0) is 37.0 Å². The lowest BCUT2D eigenvalue weighted by molar-refractivity contribution is -0.119. The van der Waals surface area contributed by atoms with Crippen LogP contribution in [0.4, 0.5) is 0 Å². The summed E-state index contributed by atoms with van der Waals surface area (Å²) in [5.41, 5.74) is 6.44. The van der Waals surface area contributed by atoms with Gasteiger partial charge < -0.3 is 16.2 Å². The van der Waals surface area contributed by atoms with Crippen LogP contribution in [-0.2, 0) is 4.79 Å². The fraction of sp³-hybridized carbons (Fsp3) is 0.562. The van der Waals surface area contributed by atoms with Crippen molar-refractivity contribution < 1.29 is 9.90 Å². The van der Waals surface area contributed by atoms with E-state index in [0.717, 1.165) is 32.4 Å². The molecule has 0 bridgehead atoms. The maximum Gasteiger partial charge on any atom is 0.231 e. The van der Waals surface area contributed by atoms with E-state index in [1.165, 1.54) is 5.56 Å². The average molecular weight is 291 g/mol. The van der Waals surface area contributed by atoms with E-state index in [1.54, 1.807) is 12.1 Å². The quantitative estimate of drug-likeness (QED) is 0.740. The molecule has 1 fully saturated rings.